The van der Waals surface area contributed by atoms with Crippen molar-refractivity contribution in [2.75, 3.05) is 30.8 Å². The van der Waals surface area contributed by atoms with Gasteiger partial charge >= 0.3 is 0 Å². The Labute approximate surface area is 112 Å². The zero-order valence-corrected chi connectivity index (χ0v) is 11.8. The van der Waals surface area contributed by atoms with Gasteiger partial charge in [-0.1, -0.05) is 23.2 Å². The van der Waals surface area contributed by atoms with Gasteiger partial charge in [-0.05, 0) is 26.0 Å². The molecule has 17 heavy (non-hydrogen) atoms. The number of halogens is 2. The van der Waals surface area contributed by atoms with E-state index in [1.54, 1.807) is 12.1 Å². The smallest absolute Gasteiger partial charge is 0.0744 e. The van der Waals surface area contributed by atoms with Crippen LogP contribution in [-0.2, 0) is 4.74 Å². The number of hydrogen-bond acceptors (Lipinski definition) is 3. The van der Waals surface area contributed by atoms with Gasteiger partial charge < -0.3 is 15.4 Å². The van der Waals surface area contributed by atoms with E-state index < -0.39 is 0 Å². The van der Waals surface area contributed by atoms with Crippen molar-refractivity contribution >= 4 is 34.6 Å². The second-order valence-electron chi connectivity index (χ2n) is 4.17. The topological polar surface area (TPSA) is 38.5 Å². The largest absolute Gasteiger partial charge is 0.399 e. The third-order valence-corrected chi connectivity index (χ3v) is 2.88. The first-order valence-electron chi connectivity index (χ1n) is 5.49. The van der Waals surface area contributed by atoms with Gasteiger partial charge in [0.05, 0.1) is 28.4 Å². The zero-order valence-electron chi connectivity index (χ0n) is 10.3. The minimum absolute atomic E-state index is 0.223. The molecule has 0 atom stereocenters. The molecule has 0 bridgehead atoms. The number of nitrogen functional groups attached to an aromatic ring is 1. The second kappa shape index (κ2) is 6.34. The third kappa shape index (κ3) is 4.26. The maximum absolute atomic E-state index is 6.12. The van der Waals surface area contributed by atoms with Crippen LogP contribution in [0.3, 0.4) is 0 Å². The summed E-state index contributed by atoms with van der Waals surface area (Å²) >= 11 is 12.2. The van der Waals surface area contributed by atoms with Crippen LogP contribution in [-0.4, -0.2) is 26.3 Å². The van der Waals surface area contributed by atoms with Crippen LogP contribution < -0.4 is 10.6 Å². The molecule has 96 valence electrons. The van der Waals surface area contributed by atoms with Crippen molar-refractivity contribution in [2.24, 2.45) is 0 Å². The van der Waals surface area contributed by atoms with Crippen LogP contribution in [0.25, 0.3) is 0 Å². The number of nitrogens with two attached hydrogens (primary N) is 1. The molecular weight excluding hydrogens is 259 g/mol. The molecule has 0 heterocycles. The summed E-state index contributed by atoms with van der Waals surface area (Å²) in [4.78, 5) is 1.96. The Hall–Kier alpha value is -0.640. The summed E-state index contributed by atoms with van der Waals surface area (Å²) in [5.74, 6) is 0. The van der Waals surface area contributed by atoms with Crippen LogP contribution >= 0.6 is 23.2 Å². The number of rotatable bonds is 5. The van der Waals surface area contributed by atoms with Crippen LogP contribution in [0.1, 0.15) is 13.8 Å². The molecule has 1 aromatic rings. The summed E-state index contributed by atoms with van der Waals surface area (Å²) in [6.45, 7) is 5.36. The summed E-state index contributed by atoms with van der Waals surface area (Å²) in [7, 11) is 1.92. The molecule has 0 saturated heterocycles. The van der Waals surface area contributed by atoms with E-state index in [9.17, 15) is 0 Å². The van der Waals surface area contributed by atoms with Crippen molar-refractivity contribution < 1.29 is 4.74 Å². The fraction of sp³-hybridized carbons (Fsp3) is 0.500. The SMILES string of the molecule is CC(C)OCCN(C)c1c(Cl)cc(N)cc1Cl. The minimum atomic E-state index is 0.223. The van der Waals surface area contributed by atoms with Crippen molar-refractivity contribution in [1.82, 2.24) is 0 Å². The van der Waals surface area contributed by atoms with Gasteiger partial charge in [-0.15, -0.1) is 0 Å². The summed E-state index contributed by atoms with van der Waals surface area (Å²) in [5.41, 5.74) is 7.01. The molecule has 0 saturated carbocycles. The highest BCUT2D eigenvalue weighted by Crippen LogP contribution is 2.35. The van der Waals surface area contributed by atoms with Gasteiger partial charge in [-0.2, -0.15) is 0 Å². The molecule has 0 radical (unpaired) electrons. The number of hydrogen-bond donors (Lipinski definition) is 1. The van der Waals surface area contributed by atoms with E-state index >= 15 is 0 Å². The maximum atomic E-state index is 6.12. The maximum Gasteiger partial charge on any atom is 0.0744 e. The Kier molecular flexibility index (Phi) is 5.37. The zero-order chi connectivity index (χ0) is 13.0. The van der Waals surface area contributed by atoms with Crippen molar-refractivity contribution in [2.45, 2.75) is 20.0 Å². The van der Waals surface area contributed by atoms with E-state index in [1.165, 1.54) is 0 Å². The molecule has 1 rings (SSSR count). The molecule has 0 aromatic heterocycles. The van der Waals surface area contributed by atoms with Crippen molar-refractivity contribution in [1.29, 1.82) is 0 Å². The summed E-state index contributed by atoms with van der Waals surface area (Å²) in [6, 6.07) is 3.39. The first-order valence-corrected chi connectivity index (χ1v) is 6.24. The minimum Gasteiger partial charge on any atom is -0.399 e. The first kappa shape index (κ1) is 14.4. The number of anilines is 2. The van der Waals surface area contributed by atoms with E-state index in [1.807, 2.05) is 25.8 Å². The third-order valence-electron chi connectivity index (χ3n) is 2.30. The van der Waals surface area contributed by atoms with Crippen molar-refractivity contribution in [3.8, 4) is 0 Å². The summed E-state index contributed by atoms with van der Waals surface area (Å²) in [6.07, 6.45) is 0.223. The van der Waals surface area contributed by atoms with Crippen LogP contribution in [0, 0.1) is 0 Å². The lowest BCUT2D eigenvalue weighted by Crippen LogP contribution is -2.24. The number of likely N-dealkylation sites (N-methyl/N-ethyl adjacent to an activating group) is 1. The Morgan fingerprint density at radius 3 is 2.29 bits per heavy atom. The van der Waals surface area contributed by atoms with Crippen molar-refractivity contribution in [3.05, 3.63) is 22.2 Å². The average molecular weight is 277 g/mol. The highest BCUT2D eigenvalue weighted by atomic mass is 35.5. The van der Waals surface area contributed by atoms with E-state index in [0.717, 1.165) is 12.2 Å². The molecule has 0 aliphatic heterocycles. The quantitative estimate of drug-likeness (QED) is 0.838. The summed E-state index contributed by atoms with van der Waals surface area (Å²) in [5, 5.41) is 1.11. The summed E-state index contributed by atoms with van der Waals surface area (Å²) < 4.78 is 5.48. The number of benzene rings is 1. The monoisotopic (exact) mass is 276 g/mol. The number of nitrogens with zero attached hydrogens (tertiary/aromatic N) is 1. The Bertz CT molecular complexity index is 360. The lowest BCUT2D eigenvalue weighted by atomic mass is 10.2. The fourth-order valence-electron chi connectivity index (χ4n) is 1.49. The molecule has 5 heteroatoms. The predicted molar refractivity (Wildman–Crippen MR) is 75.2 cm³/mol. The molecule has 0 unspecified atom stereocenters. The molecule has 0 fully saturated rings. The molecular formula is C12H18Cl2N2O. The van der Waals surface area contributed by atoms with Crippen LogP contribution in [0.2, 0.25) is 10.0 Å². The lowest BCUT2D eigenvalue weighted by Gasteiger charge is -2.22. The van der Waals surface area contributed by atoms with Gasteiger partial charge in [0.1, 0.15) is 0 Å². The van der Waals surface area contributed by atoms with E-state index in [-0.39, 0.29) is 6.10 Å². The standard InChI is InChI=1S/C12H18Cl2N2O/c1-8(2)17-5-4-16(3)12-10(13)6-9(15)7-11(12)14/h6-8H,4-5,15H2,1-3H3. The molecule has 0 aliphatic rings. The fourth-order valence-corrected chi connectivity index (χ4v) is 2.28. The van der Waals surface area contributed by atoms with Gasteiger partial charge in [0.15, 0.2) is 0 Å². The Morgan fingerprint density at radius 1 is 1.29 bits per heavy atom. The highest BCUT2D eigenvalue weighted by Gasteiger charge is 2.11. The lowest BCUT2D eigenvalue weighted by molar-refractivity contribution is 0.0846. The Morgan fingerprint density at radius 2 is 1.82 bits per heavy atom. The molecule has 1 aromatic carbocycles. The van der Waals surface area contributed by atoms with E-state index in [0.29, 0.717) is 22.3 Å². The number of ether oxygens (including phenoxy) is 1. The molecule has 0 spiro atoms. The average Bonchev–Trinajstić information content (AvgIpc) is 2.14. The van der Waals surface area contributed by atoms with E-state index in [4.69, 9.17) is 33.7 Å². The Balaban J connectivity index is 2.72. The van der Waals surface area contributed by atoms with Crippen LogP contribution in [0.5, 0.6) is 0 Å². The van der Waals surface area contributed by atoms with Gasteiger partial charge in [0.2, 0.25) is 0 Å². The van der Waals surface area contributed by atoms with E-state index in [2.05, 4.69) is 0 Å². The molecule has 0 aliphatic carbocycles. The van der Waals surface area contributed by atoms with Crippen LogP contribution in [0.4, 0.5) is 11.4 Å². The van der Waals surface area contributed by atoms with Gasteiger partial charge in [0, 0.05) is 19.3 Å². The molecule has 0 amide bonds. The van der Waals surface area contributed by atoms with Crippen LogP contribution in [0.15, 0.2) is 12.1 Å². The van der Waals surface area contributed by atoms with Gasteiger partial charge in [-0.25, -0.2) is 0 Å². The highest BCUT2D eigenvalue weighted by molar-refractivity contribution is 6.39. The molecule has 2 N–H and O–H groups in total. The second-order valence-corrected chi connectivity index (χ2v) is 4.99. The van der Waals surface area contributed by atoms with Crippen molar-refractivity contribution in [3.63, 3.8) is 0 Å². The van der Waals surface area contributed by atoms with Gasteiger partial charge in [-0.3, -0.25) is 0 Å². The molecule has 3 nitrogen and oxygen atoms in total. The normalized spacial score (nSPS) is 10.9. The predicted octanol–water partition coefficient (Wildman–Crippen LogP) is 3.44. The first-order chi connectivity index (χ1) is 7.91. The van der Waals surface area contributed by atoms with Gasteiger partial charge in [0.25, 0.3) is 0 Å².